The molecular formula is C20H25BrN2O. The highest BCUT2D eigenvalue weighted by Crippen LogP contribution is 2.22. The molecule has 0 aliphatic rings. The van der Waals surface area contributed by atoms with Gasteiger partial charge in [0.15, 0.2) is 0 Å². The highest BCUT2D eigenvalue weighted by molar-refractivity contribution is 9.09. The number of azo groups is 1. The molecule has 0 aliphatic heterocycles. The van der Waals surface area contributed by atoms with E-state index in [1.54, 1.807) is 0 Å². The number of alkyl halides is 1. The van der Waals surface area contributed by atoms with Gasteiger partial charge < -0.3 is 4.74 Å². The van der Waals surface area contributed by atoms with Crippen LogP contribution in [0.4, 0.5) is 11.4 Å². The lowest BCUT2D eigenvalue weighted by Gasteiger charge is -2.03. The molecule has 0 saturated carbocycles. The lowest BCUT2D eigenvalue weighted by Crippen LogP contribution is -1.96. The average Bonchev–Trinajstić information content (AvgIpc) is 2.64. The van der Waals surface area contributed by atoms with Gasteiger partial charge in [-0.3, -0.25) is 0 Å². The predicted molar refractivity (Wildman–Crippen MR) is 104 cm³/mol. The number of unbranched alkanes of at least 4 members (excludes halogenated alkanes) is 3. The molecule has 0 N–H and O–H groups in total. The van der Waals surface area contributed by atoms with Crippen LogP contribution in [-0.2, 0) is 6.42 Å². The molecule has 0 heterocycles. The molecule has 0 spiro atoms. The Bertz CT molecular complexity index is 609. The van der Waals surface area contributed by atoms with E-state index in [2.05, 4.69) is 45.2 Å². The Morgan fingerprint density at radius 2 is 1.46 bits per heavy atom. The third-order valence-electron chi connectivity index (χ3n) is 3.72. The van der Waals surface area contributed by atoms with Crippen LogP contribution >= 0.6 is 15.9 Å². The maximum absolute atomic E-state index is 5.51. The second-order valence-corrected chi connectivity index (χ2v) is 6.50. The average molecular weight is 389 g/mol. The van der Waals surface area contributed by atoms with Gasteiger partial charge in [-0.1, -0.05) is 54.2 Å². The summed E-state index contributed by atoms with van der Waals surface area (Å²) in [4.78, 5) is 0. The second kappa shape index (κ2) is 11.0. The van der Waals surface area contributed by atoms with Crippen LogP contribution in [0.5, 0.6) is 5.75 Å². The smallest absolute Gasteiger partial charge is 0.119 e. The molecule has 0 saturated heterocycles. The monoisotopic (exact) mass is 388 g/mol. The molecule has 0 bridgehead atoms. The van der Waals surface area contributed by atoms with Crippen molar-refractivity contribution >= 4 is 27.3 Å². The molecule has 4 heteroatoms. The Morgan fingerprint density at radius 1 is 0.833 bits per heavy atom. The van der Waals surface area contributed by atoms with Crippen LogP contribution in [0.3, 0.4) is 0 Å². The van der Waals surface area contributed by atoms with Crippen LogP contribution in [0.15, 0.2) is 58.8 Å². The number of benzene rings is 2. The van der Waals surface area contributed by atoms with Crippen molar-refractivity contribution in [2.24, 2.45) is 10.2 Å². The molecule has 2 rings (SSSR count). The van der Waals surface area contributed by atoms with Crippen LogP contribution in [0.25, 0.3) is 0 Å². The summed E-state index contributed by atoms with van der Waals surface area (Å²) in [5.74, 6) is 0.848. The van der Waals surface area contributed by atoms with Crippen molar-refractivity contribution in [3.05, 3.63) is 54.1 Å². The van der Waals surface area contributed by atoms with Crippen molar-refractivity contribution in [3.8, 4) is 5.75 Å². The molecule has 0 atom stereocenters. The Kier molecular flexibility index (Phi) is 8.53. The van der Waals surface area contributed by atoms with Crippen molar-refractivity contribution in [1.82, 2.24) is 0 Å². The quantitative estimate of drug-likeness (QED) is 0.245. The summed E-state index contributed by atoms with van der Waals surface area (Å²) in [6, 6.07) is 16.0. The van der Waals surface area contributed by atoms with Crippen LogP contribution in [-0.4, -0.2) is 11.9 Å². The molecule has 2 aromatic carbocycles. The Hall–Kier alpha value is -1.68. The zero-order chi connectivity index (χ0) is 17.0. The number of halogens is 1. The minimum atomic E-state index is 0.658. The highest BCUT2D eigenvalue weighted by Gasteiger charge is 1.96. The Balaban J connectivity index is 1.85. The van der Waals surface area contributed by atoms with Crippen LogP contribution < -0.4 is 4.74 Å². The van der Waals surface area contributed by atoms with Gasteiger partial charge in [0, 0.05) is 5.33 Å². The Morgan fingerprint density at radius 3 is 2.04 bits per heavy atom. The van der Waals surface area contributed by atoms with Crippen molar-refractivity contribution in [2.45, 2.75) is 39.0 Å². The van der Waals surface area contributed by atoms with Gasteiger partial charge in [-0.2, -0.15) is 10.2 Å². The number of ether oxygens (including phenoxy) is 1. The van der Waals surface area contributed by atoms with Gasteiger partial charge >= 0.3 is 0 Å². The Labute approximate surface area is 153 Å². The first-order valence-corrected chi connectivity index (χ1v) is 9.73. The van der Waals surface area contributed by atoms with E-state index in [1.165, 1.54) is 31.2 Å². The van der Waals surface area contributed by atoms with E-state index in [4.69, 9.17) is 4.74 Å². The lowest BCUT2D eigenvalue weighted by molar-refractivity contribution is 0.345. The standard InChI is InChI=1S/C20H25BrN2O/c1-2-3-4-5-6-17-7-9-18(10-8-17)22-23-19-11-13-20(14-12-19)24-16-15-21/h7-14H,2-6,15-16H2,1H3/b23-22+. The first-order chi connectivity index (χ1) is 11.8. The summed E-state index contributed by atoms with van der Waals surface area (Å²) in [6.07, 6.45) is 6.33. The number of aryl methyl sites for hydroxylation is 1. The largest absolute Gasteiger partial charge is 0.493 e. The molecule has 0 radical (unpaired) electrons. The molecule has 0 aromatic heterocycles. The highest BCUT2D eigenvalue weighted by atomic mass is 79.9. The summed E-state index contributed by atoms with van der Waals surface area (Å²) in [5.41, 5.74) is 3.08. The van der Waals surface area contributed by atoms with Gasteiger partial charge in [-0.15, -0.1) is 0 Å². The number of rotatable bonds is 10. The first kappa shape index (κ1) is 18.7. The van der Waals surface area contributed by atoms with Gasteiger partial charge in [-0.25, -0.2) is 0 Å². The van der Waals surface area contributed by atoms with E-state index in [-0.39, 0.29) is 0 Å². The van der Waals surface area contributed by atoms with Gasteiger partial charge in [-0.05, 0) is 54.8 Å². The van der Waals surface area contributed by atoms with E-state index >= 15 is 0 Å². The zero-order valence-corrected chi connectivity index (χ0v) is 15.8. The molecule has 3 nitrogen and oxygen atoms in total. The summed E-state index contributed by atoms with van der Waals surface area (Å²) >= 11 is 3.34. The van der Waals surface area contributed by atoms with Crippen LogP contribution in [0, 0.1) is 0 Å². The number of hydrogen-bond donors (Lipinski definition) is 0. The third kappa shape index (κ3) is 6.83. The number of nitrogens with zero attached hydrogens (tertiary/aromatic N) is 2. The fraction of sp³-hybridized carbons (Fsp3) is 0.400. The van der Waals surface area contributed by atoms with Crippen molar-refractivity contribution in [2.75, 3.05) is 11.9 Å². The number of hydrogen-bond acceptors (Lipinski definition) is 3. The topological polar surface area (TPSA) is 34.0 Å². The summed E-state index contributed by atoms with van der Waals surface area (Å²) < 4.78 is 5.51. The molecule has 2 aromatic rings. The van der Waals surface area contributed by atoms with Crippen molar-refractivity contribution in [3.63, 3.8) is 0 Å². The second-order valence-electron chi connectivity index (χ2n) is 5.71. The molecule has 128 valence electrons. The molecule has 0 amide bonds. The molecule has 0 unspecified atom stereocenters. The summed E-state index contributed by atoms with van der Waals surface area (Å²) in [7, 11) is 0. The van der Waals surface area contributed by atoms with E-state index in [0.717, 1.165) is 28.9 Å². The van der Waals surface area contributed by atoms with Crippen molar-refractivity contribution < 1.29 is 4.74 Å². The maximum atomic E-state index is 5.51. The van der Waals surface area contributed by atoms with Crippen LogP contribution in [0.1, 0.15) is 38.2 Å². The van der Waals surface area contributed by atoms with E-state index < -0.39 is 0 Å². The summed E-state index contributed by atoms with van der Waals surface area (Å²) in [5, 5.41) is 9.39. The fourth-order valence-electron chi connectivity index (χ4n) is 2.37. The predicted octanol–water partition coefficient (Wildman–Crippen LogP) is 7.00. The minimum absolute atomic E-state index is 0.658. The zero-order valence-electron chi connectivity index (χ0n) is 14.2. The van der Waals surface area contributed by atoms with Gasteiger partial charge in [0.25, 0.3) is 0 Å². The molecule has 0 aliphatic carbocycles. The van der Waals surface area contributed by atoms with Gasteiger partial charge in [0.2, 0.25) is 0 Å². The molecule has 24 heavy (non-hydrogen) atoms. The van der Waals surface area contributed by atoms with Gasteiger partial charge in [0.05, 0.1) is 18.0 Å². The fourth-order valence-corrected chi connectivity index (χ4v) is 2.53. The lowest BCUT2D eigenvalue weighted by atomic mass is 10.1. The van der Waals surface area contributed by atoms with E-state index in [1.807, 2.05) is 36.4 Å². The first-order valence-electron chi connectivity index (χ1n) is 8.61. The van der Waals surface area contributed by atoms with E-state index in [0.29, 0.717) is 6.61 Å². The summed E-state index contributed by atoms with van der Waals surface area (Å²) in [6.45, 7) is 2.90. The third-order valence-corrected chi connectivity index (χ3v) is 4.04. The minimum Gasteiger partial charge on any atom is -0.493 e. The van der Waals surface area contributed by atoms with E-state index in [9.17, 15) is 0 Å². The normalized spacial score (nSPS) is 11.1. The molecule has 0 fully saturated rings. The van der Waals surface area contributed by atoms with Crippen molar-refractivity contribution in [1.29, 1.82) is 0 Å². The SMILES string of the molecule is CCCCCCc1ccc(/N=N/c2ccc(OCCBr)cc2)cc1. The molecular weight excluding hydrogens is 364 g/mol. The van der Waals surface area contributed by atoms with Crippen LogP contribution in [0.2, 0.25) is 0 Å². The maximum Gasteiger partial charge on any atom is 0.119 e. The van der Waals surface area contributed by atoms with Gasteiger partial charge in [0.1, 0.15) is 5.75 Å².